The van der Waals surface area contributed by atoms with E-state index >= 15 is 0 Å². The SMILES string of the molecule is O=S(=O)(O)c1cc([NH+]([O-])O)ccc1C=Cc1ccc([NH+]([O-])O)cc1S(=O)(=O)O. The van der Waals surface area contributed by atoms with Crippen molar-refractivity contribution in [2.24, 2.45) is 0 Å². The van der Waals surface area contributed by atoms with Gasteiger partial charge in [0.1, 0.15) is 9.79 Å². The first-order chi connectivity index (χ1) is 12.8. The highest BCUT2D eigenvalue weighted by Crippen LogP contribution is 2.24. The second-order valence-electron chi connectivity index (χ2n) is 5.40. The summed E-state index contributed by atoms with van der Waals surface area (Å²) in [5, 5.41) is 37.0. The fraction of sp³-hybridized carbons (Fsp3) is 0. The van der Waals surface area contributed by atoms with Gasteiger partial charge in [-0.25, -0.2) is 10.4 Å². The highest BCUT2D eigenvalue weighted by Gasteiger charge is 2.19. The van der Waals surface area contributed by atoms with Crippen molar-refractivity contribution < 1.29 is 46.8 Å². The molecule has 0 aliphatic rings. The van der Waals surface area contributed by atoms with Gasteiger partial charge in [-0.3, -0.25) is 9.11 Å². The lowest BCUT2D eigenvalue weighted by Crippen LogP contribution is -2.99. The topological polar surface area (TPSA) is 204 Å². The lowest BCUT2D eigenvalue weighted by atomic mass is 10.1. The number of nitrogens with one attached hydrogen (secondary N) is 2. The summed E-state index contributed by atoms with van der Waals surface area (Å²) in [5.41, 5.74) is -1.16. The maximum absolute atomic E-state index is 11.5. The van der Waals surface area contributed by atoms with Crippen LogP contribution in [0.5, 0.6) is 0 Å². The summed E-state index contributed by atoms with van der Waals surface area (Å²) in [4.78, 5) is -1.47. The fourth-order valence-corrected chi connectivity index (χ4v) is 3.66. The zero-order chi connectivity index (χ0) is 21.3. The van der Waals surface area contributed by atoms with E-state index in [1.807, 2.05) is 0 Å². The molecule has 152 valence electrons. The Balaban J connectivity index is 2.61. The van der Waals surface area contributed by atoms with Gasteiger partial charge in [-0.05, 0) is 23.3 Å². The van der Waals surface area contributed by atoms with Crippen molar-refractivity contribution in [3.63, 3.8) is 0 Å². The van der Waals surface area contributed by atoms with Crippen molar-refractivity contribution in [3.8, 4) is 0 Å². The van der Waals surface area contributed by atoms with E-state index in [4.69, 9.17) is 10.4 Å². The van der Waals surface area contributed by atoms with E-state index in [2.05, 4.69) is 0 Å². The number of rotatable bonds is 6. The van der Waals surface area contributed by atoms with Gasteiger partial charge in [0.2, 0.25) is 0 Å². The van der Waals surface area contributed by atoms with Gasteiger partial charge in [-0.15, -0.1) is 0 Å². The maximum atomic E-state index is 11.5. The third kappa shape index (κ3) is 5.18. The predicted octanol–water partition coefficient (Wildman–Crippen LogP) is -0.843. The third-order valence-corrected chi connectivity index (χ3v) is 5.34. The summed E-state index contributed by atoms with van der Waals surface area (Å²) < 4.78 is 64.7. The Morgan fingerprint density at radius 3 is 1.29 bits per heavy atom. The second-order valence-corrected chi connectivity index (χ2v) is 8.18. The van der Waals surface area contributed by atoms with E-state index < -0.39 is 51.9 Å². The van der Waals surface area contributed by atoms with Crippen molar-refractivity contribution in [2.75, 3.05) is 0 Å². The van der Waals surface area contributed by atoms with E-state index in [1.54, 1.807) is 0 Å². The first-order valence-corrected chi connectivity index (χ1v) is 10.1. The number of benzene rings is 2. The number of quaternary nitrogens is 2. The van der Waals surface area contributed by atoms with Crippen LogP contribution < -0.4 is 10.5 Å². The molecule has 2 aromatic carbocycles. The highest BCUT2D eigenvalue weighted by atomic mass is 32.2. The summed E-state index contributed by atoms with van der Waals surface area (Å²) in [5.74, 6) is 0. The summed E-state index contributed by atoms with van der Waals surface area (Å²) in [6.45, 7) is 0. The van der Waals surface area contributed by atoms with E-state index in [0.717, 1.165) is 36.4 Å². The van der Waals surface area contributed by atoms with Crippen LogP contribution in [0.3, 0.4) is 0 Å². The first kappa shape index (κ1) is 22.1. The number of hydrogen-bond donors (Lipinski definition) is 6. The van der Waals surface area contributed by atoms with Crippen molar-refractivity contribution in [2.45, 2.75) is 9.79 Å². The minimum atomic E-state index is -4.81. The Morgan fingerprint density at radius 2 is 1.04 bits per heavy atom. The first-order valence-electron chi connectivity index (χ1n) is 7.18. The Labute approximate surface area is 158 Å². The molecule has 0 spiro atoms. The van der Waals surface area contributed by atoms with Crippen LogP contribution in [0, 0.1) is 10.4 Å². The third-order valence-electron chi connectivity index (χ3n) is 3.52. The zero-order valence-corrected chi connectivity index (χ0v) is 15.3. The molecular weight excluding hydrogens is 420 g/mol. The lowest BCUT2D eigenvalue weighted by Gasteiger charge is -2.14. The van der Waals surface area contributed by atoms with Crippen molar-refractivity contribution in [1.29, 1.82) is 0 Å². The van der Waals surface area contributed by atoms with Gasteiger partial charge in [0.05, 0.1) is 0 Å². The molecule has 0 bridgehead atoms. The lowest BCUT2D eigenvalue weighted by molar-refractivity contribution is -0.991. The van der Waals surface area contributed by atoms with Crippen molar-refractivity contribution in [3.05, 3.63) is 57.9 Å². The van der Waals surface area contributed by atoms with Crippen LogP contribution in [-0.4, -0.2) is 36.4 Å². The van der Waals surface area contributed by atoms with Crippen LogP contribution in [0.2, 0.25) is 0 Å². The van der Waals surface area contributed by atoms with Crippen molar-refractivity contribution in [1.82, 2.24) is 0 Å². The average molecular weight is 434 g/mol. The van der Waals surface area contributed by atoms with Gasteiger partial charge in [-0.2, -0.15) is 27.3 Å². The molecule has 12 nitrogen and oxygen atoms in total. The van der Waals surface area contributed by atoms with Crippen molar-refractivity contribution >= 4 is 43.8 Å². The van der Waals surface area contributed by atoms with Crippen LogP contribution in [0.4, 0.5) is 11.4 Å². The Kier molecular flexibility index (Phi) is 6.31. The minimum Gasteiger partial charge on any atom is -0.595 e. The van der Waals surface area contributed by atoms with E-state index in [-0.39, 0.29) is 11.1 Å². The summed E-state index contributed by atoms with van der Waals surface area (Å²) >= 11 is 0. The van der Waals surface area contributed by atoms with Gasteiger partial charge in [0.25, 0.3) is 20.2 Å². The average Bonchev–Trinajstić information content (AvgIpc) is 2.57. The molecule has 0 saturated carbocycles. The molecule has 6 N–H and O–H groups in total. The standard InChI is InChI=1S/C14H14N2O10S2/c17-15(18)11-5-3-9(13(7-11)27(21,22)23)1-2-10-4-6-12(16(19)20)8-14(10)28(24,25)26/h1-8,15-17,19H,(H,21,22,23)(H,24,25,26). The Morgan fingerprint density at radius 1 is 0.714 bits per heavy atom. The second kappa shape index (κ2) is 8.02. The molecule has 0 heterocycles. The zero-order valence-electron chi connectivity index (χ0n) is 13.7. The molecule has 0 aromatic heterocycles. The molecule has 0 radical (unpaired) electrons. The van der Waals surface area contributed by atoms with E-state index in [9.17, 15) is 36.4 Å². The molecule has 2 rings (SSSR count). The quantitative estimate of drug-likeness (QED) is 0.189. The smallest absolute Gasteiger partial charge is 0.295 e. The Bertz CT molecular complexity index is 1040. The molecule has 28 heavy (non-hydrogen) atoms. The van der Waals surface area contributed by atoms with Crippen LogP contribution in [0.1, 0.15) is 11.1 Å². The van der Waals surface area contributed by atoms with Crippen LogP contribution in [0.15, 0.2) is 46.2 Å². The molecule has 0 saturated heterocycles. The predicted molar refractivity (Wildman–Crippen MR) is 93.0 cm³/mol. The molecule has 0 aliphatic heterocycles. The van der Waals surface area contributed by atoms with Gasteiger partial charge in [0.15, 0.2) is 11.4 Å². The maximum Gasteiger partial charge on any atom is 0.295 e. The molecule has 14 heteroatoms. The normalized spacial score (nSPS) is 14.9. The number of hydrogen-bond acceptors (Lipinski definition) is 8. The Hall–Kier alpha value is -2.24. The monoisotopic (exact) mass is 434 g/mol. The van der Waals surface area contributed by atoms with Gasteiger partial charge >= 0.3 is 0 Å². The molecule has 0 aliphatic carbocycles. The molecule has 2 unspecified atom stereocenters. The summed E-state index contributed by atoms with van der Waals surface area (Å²) in [6.07, 6.45) is 2.11. The van der Waals surface area contributed by atoms with Gasteiger partial charge in [-0.1, -0.05) is 12.2 Å². The molecular formula is C14H14N2O10S2. The molecule has 2 aromatic rings. The van der Waals surface area contributed by atoms with Crippen LogP contribution >= 0.6 is 0 Å². The highest BCUT2D eigenvalue weighted by molar-refractivity contribution is 7.86. The fourth-order valence-electron chi connectivity index (χ4n) is 2.24. The summed E-state index contributed by atoms with van der Waals surface area (Å²) in [6, 6.07) is 5.70. The van der Waals surface area contributed by atoms with Gasteiger partial charge in [0, 0.05) is 24.3 Å². The van der Waals surface area contributed by atoms with Crippen LogP contribution in [-0.2, 0) is 20.2 Å². The minimum absolute atomic E-state index is 0.170. The molecule has 0 fully saturated rings. The largest absolute Gasteiger partial charge is 0.595 e. The van der Waals surface area contributed by atoms with Gasteiger partial charge < -0.3 is 10.4 Å². The van der Waals surface area contributed by atoms with E-state index in [0.29, 0.717) is 12.1 Å². The molecule has 2 atom stereocenters. The van der Waals surface area contributed by atoms with E-state index in [1.165, 1.54) is 0 Å². The summed E-state index contributed by atoms with van der Waals surface area (Å²) in [7, 11) is -9.62. The molecule has 0 amide bonds. The van der Waals surface area contributed by atoms with Crippen LogP contribution in [0.25, 0.3) is 12.2 Å².